The van der Waals surface area contributed by atoms with Gasteiger partial charge in [0.1, 0.15) is 0 Å². The molecule has 1 aliphatic heterocycles. The molecule has 0 N–H and O–H groups in total. The van der Waals surface area contributed by atoms with Crippen LogP contribution >= 0.6 is 11.8 Å². The standard InChI is InChI=1S/C18H27NO2S/c1-14(2)13-21-16-9-11-19(12-10-16)18(20)15(3)22-17-7-5-4-6-8-17/h4-8,14-16H,9-13H2,1-3H3. The van der Waals surface area contributed by atoms with Gasteiger partial charge in [0.2, 0.25) is 5.91 Å². The molecular weight excluding hydrogens is 294 g/mol. The zero-order valence-electron chi connectivity index (χ0n) is 13.8. The van der Waals surface area contributed by atoms with Crippen LogP contribution in [0.1, 0.15) is 33.6 Å². The van der Waals surface area contributed by atoms with E-state index >= 15 is 0 Å². The summed E-state index contributed by atoms with van der Waals surface area (Å²) in [5, 5.41) is -0.0319. The number of amides is 1. The maximum Gasteiger partial charge on any atom is 0.235 e. The average Bonchev–Trinajstić information content (AvgIpc) is 2.53. The molecule has 2 rings (SSSR count). The molecule has 1 amide bonds. The second kappa shape index (κ2) is 8.59. The van der Waals surface area contributed by atoms with Gasteiger partial charge in [0.15, 0.2) is 0 Å². The second-order valence-corrected chi connectivity index (χ2v) is 7.74. The van der Waals surface area contributed by atoms with Crippen LogP contribution in [0.3, 0.4) is 0 Å². The van der Waals surface area contributed by atoms with Crippen molar-refractivity contribution in [3.8, 4) is 0 Å². The second-order valence-electron chi connectivity index (χ2n) is 6.32. The van der Waals surface area contributed by atoms with Gasteiger partial charge in [-0.05, 0) is 37.8 Å². The van der Waals surface area contributed by atoms with Gasteiger partial charge in [0, 0.05) is 24.6 Å². The number of benzene rings is 1. The maximum atomic E-state index is 12.5. The summed E-state index contributed by atoms with van der Waals surface area (Å²) in [5.41, 5.74) is 0. The minimum Gasteiger partial charge on any atom is -0.378 e. The molecule has 1 unspecified atom stereocenters. The maximum absolute atomic E-state index is 12.5. The molecular formula is C18H27NO2S. The predicted octanol–water partition coefficient (Wildman–Crippen LogP) is 3.83. The van der Waals surface area contributed by atoms with Gasteiger partial charge in [-0.2, -0.15) is 0 Å². The van der Waals surface area contributed by atoms with Crippen LogP contribution in [0.4, 0.5) is 0 Å². The Kier molecular flexibility index (Phi) is 6.77. The zero-order chi connectivity index (χ0) is 15.9. The van der Waals surface area contributed by atoms with E-state index in [0.717, 1.165) is 37.4 Å². The van der Waals surface area contributed by atoms with Gasteiger partial charge in [0.05, 0.1) is 11.4 Å². The Bertz CT molecular complexity index is 455. The predicted molar refractivity (Wildman–Crippen MR) is 92.2 cm³/mol. The zero-order valence-corrected chi connectivity index (χ0v) is 14.6. The number of carbonyl (C=O) groups is 1. The largest absolute Gasteiger partial charge is 0.378 e. The Morgan fingerprint density at radius 2 is 1.86 bits per heavy atom. The number of likely N-dealkylation sites (tertiary alicyclic amines) is 1. The number of thioether (sulfide) groups is 1. The van der Waals surface area contributed by atoms with E-state index in [9.17, 15) is 4.79 Å². The smallest absolute Gasteiger partial charge is 0.235 e. The monoisotopic (exact) mass is 321 g/mol. The van der Waals surface area contributed by atoms with Gasteiger partial charge < -0.3 is 9.64 Å². The molecule has 0 aromatic heterocycles. The molecule has 3 nitrogen and oxygen atoms in total. The van der Waals surface area contributed by atoms with Crippen LogP contribution in [0.5, 0.6) is 0 Å². The fraction of sp³-hybridized carbons (Fsp3) is 0.611. The highest BCUT2D eigenvalue weighted by molar-refractivity contribution is 8.00. The summed E-state index contributed by atoms with van der Waals surface area (Å²) in [4.78, 5) is 15.7. The third kappa shape index (κ3) is 5.33. The van der Waals surface area contributed by atoms with E-state index in [4.69, 9.17) is 4.74 Å². The van der Waals surface area contributed by atoms with E-state index in [1.54, 1.807) is 11.8 Å². The van der Waals surface area contributed by atoms with Gasteiger partial charge in [-0.15, -0.1) is 11.8 Å². The molecule has 4 heteroatoms. The first-order valence-corrected chi connectivity index (χ1v) is 9.06. The van der Waals surface area contributed by atoms with Crippen LogP contribution in [0.15, 0.2) is 35.2 Å². The minimum atomic E-state index is -0.0319. The first kappa shape index (κ1) is 17.4. The van der Waals surface area contributed by atoms with Crippen LogP contribution in [0.2, 0.25) is 0 Å². The molecule has 1 aromatic rings. The SMILES string of the molecule is CC(C)COC1CCN(C(=O)C(C)Sc2ccccc2)CC1. The topological polar surface area (TPSA) is 29.5 Å². The number of hydrogen-bond acceptors (Lipinski definition) is 3. The lowest BCUT2D eigenvalue weighted by molar-refractivity contribution is -0.133. The van der Waals surface area contributed by atoms with Crippen molar-refractivity contribution in [3.05, 3.63) is 30.3 Å². The first-order chi connectivity index (χ1) is 10.6. The molecule has 1 atom stereocenters. The van der Waals surface area contributed by atoms with Gasteiger partial charge in [-0.25, -0.2) is 0 Å². The molecule has 0 radical (unpaired) electrons. The van der Waals surface area contributed by atoms with Crippen LogP contribution in [0, 0.1) is 5.92 Å². The van der Waals surface area contributed by atoms with Crippen LogP contribution in [-0.4, -0.2) is 41.9 Å². The Morgan fingerprint density at radius 1 is 1.23 bits per heavy atom. The summed E-state index contributed by atoms with van der Waals surface area (Å²) in [5.74, 6) is 0.818. The Labute approximate surface area is 138 Å². The van der Waals surface area contributed by atoms with Gasteiger partial charge in [-0.1, -0.05) is 32.0 Å². The summed E-state index contributed by atoms with van der Waals surface area (Å²) in [6, 6.07) is 10.1. The van der Waals surface area contributed by atoms with E-state index in [0.29, 0.717) is 12.0 Å². The van der Waals surface area contributed by atoms with Crippen molar-refractivity contribution >= 4 is 17.7 Å². The van der Waals surface area contributed by atoms with Crippen LogP contribution < -0.4 is 0 Å². The van der Waals surface area contributed by atoms with E-state index in [-0.39, 0.29) is 11.2 Å². The van der Waals surface area contributed by atoms with E-state index in [2.05, 4.69) is 26.0 Å². The van der Waals surface area contributed by atoms with Crippen molar-refractivity contribution in [2.45, 2.75) is 49.9 Å². The molecule has 22 heavy (non-hydrogen) atoms. The highest BCUT2D eigenvalue weighted by atomic mass is 32.2. The first-order valence-electron chi connectivity index (χ1n) is 8.18. The Hall–Kier alpha value is -1.00. The van der Waals surface area contributed by atoms with Gasteiger partial charge in [-0.3, -0.25) is 4.79 Å². The third-order valence-corrected chi connectivity index (χ3v) is 4.92. The molecule has 0 bridgehead atoms. The number of carbonyl (C=O) groups excluding carboxylic acids is 1. The van der Waals surface area contributed by atoms with Crippen LogP contribution in [-0.2, 0) is 9.53 Å². The van der Waals surface area contributed by atoms with Gasteiger partial charge >= 0.3 is 0 Å². The lowest BCUT2D eigenvalue weighted by Crippen LogP contribution is -2.44. The fourth-order valence-electron chi connectivity index (χ4n) is 2.58. The third-order valence-electron chi connectivity index (χ3n) is 3.82. The molecule has 0 aliphatic carbocycles. The van der Waals surface area contributed by atoms with E-state index < -0.39 is 0 Å². The number of nitrogens with zero attached hydrogens (tertiary/aromatic N) is 1. The summed E-state index contributed by atoms with van der Waals surface area (Å²) in [6.45, 7) is 8.80. The molecule has 1 heterocycles. The Balaban J connectivity index is 1.77. The highest BCUT2D eigenvalue weighted by Gasteiger charge is 2.26. The molecule has 1 saturated heterocycles. The van der Waals surface area contributed by atoms with Crippen molar-refractivity contribution in [2.24, 2.45) is 5.92 Å². The van der Waals surface area contributed by atoms with Crippen molar-refractivity contribution in [1.82, 2.24) is 4.90 Å². The normalized spacial score (nSPS) is 17.7. The van der Waals surface area contributed by atoms with E-state index in [1.165, 1.54) is 0 Å². The summed E-state index contributed by atoms with van der Waals surface area (Å²) >= 11 is 1.64. The van der Waals surface area contributed by atoms with Gasteiger partial charge in [0.25, 0.3) is 0 Å². The molecule has 1 aliphatic rings. The molecule has 122 valence electrons. The highest BCUT2D eigenvalue weighted by Crippen LogP contribution is 2.25. The summed E-state index contributed by atoms with van der Waals surface area (Å²) in [6.07, 6.45) is 2.24. The van der Waals surface area contributed by atoms with Crippen molar-refractivity contribution in [2.75, 3.05) is 19.7 Å². The molecule has 1 fully saturated rings. The summed E-state index contributed by atoms with van der Waals surface area (Å²) < 4.78 is 5.89. The average molecular weight is 321 g/mol. The van der Waals surface area contributed by atoms with Crippen LogP contribution in [0.25, 0.3) is 0 Å². The summed E-state index contributed by atoms with van der Waals surface area (Å²) in [7, 11) is 0. The number of piperidine rings is 1. The quantitative estimate of drug-likeness (QED) is 0.746. The minimum absolute atomic E-state index is 0.0319. The number of ether oxygens (including phenoxy) is 1. The number of hydrogen-bond donors (Lipinski definition) is 0. The lowest BCUT2D eigenvalue weighted by Gasteiger charge is -2.33. The molecule has 0 spiro atoms. The number of rotatable bonds is 6. The van der Waals surface area contributed by atoms with E-state index in [1.807, 2.05) is 30.0 Å². The Morgan fingerprint density at radius 3 is 2.45 bits per heavy atom. The van der Waals surface area contributed by atoms with Crippen molar-refractivity contribution < 1.29 is 9.53 Å². The molecule has 0 saturated carbocycles. The van der Waals surface area contributed by atoms with Crippen molar-refractivity contribution in [3.63, 3.8) is 0 Å². The fourth-order valence-corrected chi connectivity index (χ4v) is 3.55. The van der Waals surface area contributed by atoms with Crippen molar-refractivity contribution in [1.29, 1.82) is 0 Å². The lowest BCUT2D eigenvalue weighted by atomic mass is 10.1. The molecule has 1 aromatic carbocycles.